The van der Waals surface area contributed by atoms with Crippen LogP contribution in [0.2, 0.25) is 0 Å². The van der Waals surface area contributed by atoms with Gasteiger partial charge in [-0.15, -0.1) is 0 Å². The van der Waals surface area contributed by atoms with Crippen LogP contribution in [0.25, 0.3) is 0 Å². The van der Waals surface area contributed by atoms with Crippen LogP contribution in [0.4, 0.5) is 4.39 Å². The minimum absolute atomic E-state index is 0.0990. The Balaban J connectivity index is 1.55. The topological polar surface area (TPSA) is 74.3 Å². The summed E-state index contributed by atoms with van der Waals surface area (Å²) in [6.07, 6.45) is 0.536. The molecule has 0 fully saturated rings. The Labute approximate surface area is 174 Å². The third-order valence-electron chi connectivity index (χ3n) is 4.99. The largest absolute Gasteiger partial charge is 0.494 e. The molecule has 0 unspecified atom stereocenters. The first-order valence-corrected chi connectivity index (χ1v) is 9.44. The number of benzene rings is 2. The number of nitrogens with zero attached hydrogens (tertiary/aromatic N) is 1. The molecule has 3 rings (SSSR count). The van der Waals surface area contributed by atoms with E-state index in [1.165, 1.54) is 19.2 Å². The van der Waals surface area contributed by atoms with Gasteiger partial charge in [-0.1, -0.05) is 6.07 Å². The number of carbonyl (C=O) groups is 2. The zero-order valence-corrected chi connectivity index (χ0v) is 17.2. The lowest BCUT2D eigenvalue weighted by molar-refractivity contribution is -0.151. The van der Waals surface area contributed by atoms with Gasteiger partial charge in [0.25, 0.3) is 5.91 Å². The van der Waals surface area contributed by atoms with Crippen molar-refractivity contribution in [1.29, 1.82) is 0 Å². The SMILES string of the molecule is COc1ccc(CC(=O)OCC(=O)N2CCc3cc(OC)c(OC)cc3C2)cc1F. The van der Waals surface area contributed by atoms with Crippen molar-refractivity contribution in [3.8, 4) is 17.2 Å². The van der Waals surface area contributed by atoms with Crippen LogP contribution in [0.1, 0.15) is 16.7 Å². The van der Waals surface area contributed by atoms with Gasteiger partial charge in [0.15, 0.2) is 29.7 Å². The first kappa shape index (κ1) is 21.4. The number of ether oxygens (including phenoxy) is 4. The van der Waals surface area contributed by atoms with Gasteiger partial charge in [-0.3, -0.25) is 9.59 Å². The predicted octanol–water partition coefficient (Wildman–Crippen LogP) is 2.52. The van der Waals surface area contributed by atoms with E-state index in [0.717, 1.165) is 11.1 Å². The van der Waals surface area contributed by atoms with Crippen molar-refractivity contribution in [2.45, 2.75) is 19.4 Å². The third-order valence-corrected chi connectivity index (χ3v) is 4.99. The standard InChI is InChI=1S/C22H24FNO6/c1-27-18-5-4-14(8-17(18)23)9-22(26)30-13-21(25)24-7-6-15-10-19(28-2)20(29-3)11-16(15)12-24/h4-5,8,10-11H,6-7,9,12-13H2,1-3H3. The van der Waals surface area contributed by atoms with Crippen LogP contribution in [0, 0.1) is 5.82 Å². The van der Waals surface area contributed by atoms with Gasteiger partial charge in [0.2, 0.25) is 0 Å². The van der Waals surface area contributed by atoms with Gasteiger partial charge in [-0.2, -0.15) is 0 Å². The Hall–Kier alpha value is -3.29. The van der Waals surface area contributed by atoms with E-state index in [0.29, 0.717) is 36.6 Å². The summed E-state index contributed by atoms with van der Waals surface area (Å²) in [4.78, 5) is 26.2. The quantitative estimate of drug-likeness (QED) is 0.645. The lowest BCUT2D eigenvalue weighted by Gasteiger charge is -2.29. The van der Waals surface area contributed by atoms with Gasteiger partial charge in [0.1, 0.15) is 0 Å². The maximum absolute atomic E-state index is 13.7. The molecule has 30 heavy (non-hydrogen) atoms. The molecular weight excluding hydrogens is 393 g/mol. The van der Waals surface area contributed by atoms with Crippen molar-refractivity contribution >= 4 is 11.9 Å². The lowest BCUT2D eigenvalue weighted by Crippen LogP contribution is -2.38. The number of halogens is 1. The Morgan fingerprint density at radius 1 is 0.967 bits per heavy atom. The van der Waals surface area contributed by atoms with Crippen LogP contribution in [0.5, 0.6) is 17.2 Å². The van der Waals surface area contributed by atoms with Crippen molar-refractivity contribution in [3.05, 3.63) is 52.8 Å². The number of fused-ring (bicyclic) bond motifs is 1. The summed E-state index contributed by atoms with van der Waals surface area (Å²) in [5.74, 6) is -0.0927. The van der Waals surface area contributed by atoms with Gasteiger partial charge in [0.05, 0.1) is 27.8 Å². The molecule has 0 aromatic heterocycles. The lowest BCUT2D eigenvalue weighted by atomic mass is 9.99. The zero-order chi connectivity index (χ0) is 21.7. The highest BCUT2D eigenvalue weighted by atomic mass is 19.1. The minimum Gasteiger partial charge on any atom is -0.494 e. The molecule has 160 valence electrons. The van der Waals surface area contributed by atoms with Gasteiger partial charge < -0.3 is 23.8 Å². The molecule has 8 heteroatoms. The first-order valence-electron chi connectivity index (χ1n) is 9.44. The minimum atomic E-state index is -0.600. The first-order chi connectivity index (χ1) is 14.4. The van der Waals surface area contributed by atoms with Crippen LogP contribution >= 0.6 is 0 Å². The molecule has 0 N–H and O–H groups in total. The highest BCUT2D eigenvalue weighted by Gasteiger charge is 2.23. The summed E-state index contributed by atoms with van der Waals surface area (Å²) in [6, 6.07) is 8.01. The molecule has 0 saturated carbocycles. The van der Waals surface area contributed by atoms with Crippen molar-refractivity contribution in [2.75, 3.05) is 34.5 Å². The molecule has 1 aliphatic heterocycles. The highest BCUT2D eigenvalue weighted by Crippen LogP contribution is 2.33. The summed E-state index contributed by atoms with van der Waals surface area (Å²) >= 11 is 0. The number of carbonyl (C=O) groups excluding carboxylic acids is 2. The van der Waals surface area contributed by atoms with Crippen LogP contribution in [-0.4, -0.2) is 51.3 Å². The Morgan fingerprint density at radius 3 is 2.27 bits per heavy atom. The fraction of sp³-hybridized carbons (Fsp3) is 0.364. The molecule has 2 aromatic rings. The van der Waals surface area contributed by atoms with E-state index in [9.17, 15) is 14.0 Å². The molecule has 0 bridgehead atoms. The molecule has 1 aliphatic rings. The van der Waals surface area contributed by atoms with E-state index >= 15 is 0 Å². The monoisotopic (exact) mass is 417 g/mol. The van der Waals surface area contributed by atoms with E-state index < -0.39 is 11.8 Å². The van der Waals surface area contributed by atoms with E-state index in [4.69, 9.17) is 18.9 Å². The molecule has 2 aromatic carbocycles. The number of methoxy groups -OCH3 is 3. The van der Waals surface area contributed by atoms with Crippen molar-refractivity contribution in [3.63, 3.8) is 0 Å². The van der Waals surface area contributed by atoms with Gasteiger partial charge in [0, 0.05) is 13.1 Å². The second kappa shape index (κ2) is 9.47. The Morgan fingerprint density at radius 2 is 1.63 bits per heavy atom. The van der Waals surface area contributed by atoms with E-state index in [2.05, 4.69) is 0 Å². The van der Waals surface area contributed by atoms with Gasteiger partial charge >= 0.3 is 5.97 Å². The van der Waals surface area contributed by atoms with Crippen molar-refractivity contribution in [2.24, 2.45) is 0 Å². The fourth-order valence-corrected chi connectivity index (χ4v) is 3.37. The summed E-state index contributed by atoms with van der Waals surface area (Å²) < 4.78 is 34.3. The van der Waals surface area contributed by atoms with Gasteiger partial charge in [-0.25, -0.2) is 4.39 Å². The van der Waals surface area contributed by atoms with E-state index in [1.54, 1.807) is 25.2 Å². The second-order valence-electron chi connectivity index (χ2n) is 6.85. The van der Waals surface area contributed by atoms with Crippen molar-refractivity contribution in [1.82, 2.24) is 4.90 Å². The molecule has 0 aliphatic carbocycles. The molecule has 0 atom stereocenters. The molecule has 0 spiro atoms. The van der Waals surface area contributed by atoms with Gasteiger partial charge in [-0.05, 0) is 47.4 Å². The number of rotatable bonds is 7. The summed E-state index contributed by atoms with van der Waals surface area (Å²) in [5, 5.41) is 0. The Kier molecular flexibility index (Phi) is 6.76. The summed E-state index contributed by atoms with van der Waals surface area (Å²) in [5.41, 5.74) is 2.50. The number of esters is 1. The molecule has 1 heterocycles. The van der Waals surface area contributed by atoms with Crippen LogP contribution in [0.3, 0.4) is 0 Å². The fourth-order valence-electron chi connectivity index (χ4n) is 3.37. The average molecular weight is 417 g/mol. The third kappa shape index (κ3) is 4.82. The smallest absolute Gasteiger partial charge is 0.310 e. The molecule has 0 radical (unpaired) electrons. The highest BCUT2D eigenvalue weighted by molar-refractivity contribution is 5.81. The maximum Gasteiger partial charge on any atom is 0.310 e. The molecule has 0 saturated heterocycles. The summed E-state index contributed by atoms with van der Waals surface area (Å²) in [7, 11) is 4.51. The zero-order valence-electron chi connectivity index (χ0n) is 17.2. The number of amides is 1. The Bertz CT molecular complexity index is 945. The van der Waals surface area contributed by atoms with Crippen LogP contribution < -0.4 is 14.2 Å². The molecular formula is C22H24FNO6. The molecule has 1 amide bonds. The molecule has 7 nitrogen and oxygen atoms in total. The van der Waals surface area contributed by atoms with Crippen LogP contribution in [-0.2, 0) is 33.7 Å². The van der Waals surface area contributed by atoms with Crippen LogP contribution in [0.15, 0.2) is 30.3 Å². The number of hydrogen-bond acceptors (Lipinski definition) is 6. The predicted molar refractivity (Wildman–Crippen MR) is 106 cm³/mol. The summed E-state index contributed by atoms with van der Waals surface area (Å²) in [6.45, 7) is 0.554. The average Bonchev–Trinajstić information content (AvgIpc) is 2.76. The maximum atomic E-state index is 13.7. The van der Waals surface area contributed by atoms with E-state index in [1.807, 2.05) is 12.1 Å². The normalized spacial score (nSPS) is 12.7. The number of hydrogen-bond donors (Lipinski definition) is 0. The second-order valence-corrected chi connectivity index (χ2v) is 6.85. The van der Waals surface area contributed by atoms with Crippen molar-refractivity contribution < 1.29 is 32.9 Å². The van der Waals surface area contributed by atoms with E-state index in [-0.39, 0.29) is 24.7 Å².